The number of nitrogens with one attached hydrogen (secondary N) is 1. The second kappa shape index (κ2) is 6.50. The van der Waals surface area contributed by atoms with Crippen molar-refractivity contribution in [1.82, 2.24) is 9.88 Å². The van der Waals surface area contributed by atoms with E-state index in [9.17, 15) is 9.90 Å². The molecule has 120 valence electrons. The van der Waals surface area contributed by atoms with E-state index in [-0.39, 0.29) is 11.3 Å². The Morgan fingerprint density at radius 3 is 2.88 bits per heavy atom. The molecule has 2 N–H and O–H groups in total. The average molecular weight is 355 g/mol. The number of nitrogens with zero attached hydrogens (tertiary/aromatic N) is 2. The highest BCUT2D eigenvalue weighted by molar-refractivity contribution is 7.19. The van der Waals surface area contributed by atoms with Gasteiger partial charge in [0.05, 0.1) is 16.8 Å². The molecule has 7 heteroatoms. The van der Waals surface area contributed by atoms with Crippen molar-refractivity contribution in [2.75, 3.05) is 20.6 Å². The Labute approximate surface area is 146 Å². The molecule has 0 aliphatic heterocycles. The Morgan fingerprint density at radius 2 is 2.17 bits per heavy atom. The molecule has 0 atom stereocenters. The summed E-state index contributed by atoms with van der Waals surface area (Å²) in [5, 5.41) is 21.7. The van der Waals surface area contributed by atoms with Gasteiger partial charge in [-0.05, 0) is 26.2 Å². The van der Waals surface area contributed by atoms with Crippen molar-refractivity contribution >= 4 is 32.9 Å². The summed E-state index contributed by atoms with van der Waals surface area (Å²) in [6.07, 6.45) is 0. The Kier molecular flexibility index (Phi) is 4.41. The highest BCUT2D eigenvalue weighted by Crippen LogP contribution is 2.41. The van der Waals surface area contributed by atoms with Crippen LogP contribution < -0.4 is 5.56 Å². The first-order valence-corrected chi connectivity index (χ1v) is 8.71. The molecular weight excluding hydrogens is 342 g/mol. The van der Waals surface area contributed by atoms with Crippen LogP contribution in [-0.4, -0.2) is 35.6 Å². The number of aromatic hydroxyl groups is 1. The third kappa shape index (κ3) is 2.93. The first-order valence-electron chi connectivity index (χ1n) is 7.01. The quantitative estimate of drug-likeness (QED) is 0.693. The van der Waals surface area contributed by atoms with Gasteiger partial charge in [0.15, 0.2) is 5.56 Å². The lowest BCUT2D eigenvalue weighted by molar-refractivity contribution is 0.464. The molecular formula is C17H13N3O2S2. The van der Waals surface area contributed by atoms with Gasteiger partial charge < -0.3 is 10.1 Å². The highest BCUT2D eigenvalue weighted by atomic mass is 32.1. The zero-order valence-corrected chi connectivity index (χ0v) is 14.6. The van der Waals surface area contributed by atoms with Crippen LogP contribution in [0.5, 0.6) is 5.75 Å². The van der Waals surface area contributed by atoms with Crippen LogP contribution in [0.25, 0.3) is 20.7 Å². The van der Waals surface area contributed by atoms with E-state index < -0.39 is 5.56 Å². The van der Waals surface area contributed by atoms with Crippen molar-refractivity contribution in [3.63, 3.8) is 0 Å². The van der Waals surface area contributed by atoms with Crippen molar-refractivity contribution in [2.24, 2.45) is 0 Å². The molecule has 24 heavy (non-hydrogen) atoms. The summed E-state index contributed by atoms with van der Waals surface area (Å²) in [6.45, 7) is 0.683. The number of hydrogen-bond donors (Lipinski definition) is 2. The predicted octanol–water partition coefficient (Wildman–Crippen LogP) is 2.81. The summed E-state index contributed by atoms with van der Waals surface area (Å²) in [5.74, 6) is 5.93. The van der Waals surface area contributed by atoms with Gasteiger partial charge in [-0.15, -0.1) is 22.7 Å². The normalized spacial score (nSPS) is 10.6. The number of hydrogen-bond acceptors (Lipinski definition) is 6. The van der Waals surface area contributed by atoms with Crippen LogP contribution in [0.4, 0.5) is 0 Å². The SMILES string of the molecule is CN(C)CC#Cc1ccc(-c2csc3[nH]c(=O)c(C#N)c(O)c23)s1. The summed E-state index contributed by atoms with van der Waals surface area (Å²) >= 11 is 2.84. The van der Waals surface area contributed by atoms with E-state index in [1.165, 1.54) is 22.7 Å². The number of rotatable bonds is 2. The predicted molar refractivity (Wildman–Crippen MR) is 97.6 cm³/mol. The standard InChI is InChI=1S/C17H13N3O2S2/c1-20(2)7-3-4-10-5-6-13(24-10)12-9-23-17-14(12)15(21)11(8-18)16(22)19-17/h5-6,9H,7H2,1-2H3,(H2,19,21,22). The minimum Gasteiger partial charge on any atom is -0.506 e. The van der Waals surface area contributed by atoms with E-state index in [2.05, 4.69) is 16.8 Å². The minimum atomic E-state index is -0.572. The summed E-state index contributed by atoms with van der Waals surface area (Å²) in [4.78, 5) is 18.8. The molecule has 0 aliphatic carbocycles. The van der Waals surface area contributed by atoms with E-state index >= 15 is 0 Å². The van der Waals surface area contributed by atoms with Crippen LogP contribution in [0.15, 0.2) is 22.3 Å². The van der Waals surface area contributed by atoms with E-state index in [4.69, 9.17) is 5.26 Å². The lowest BCUT2D eigenvalue weighted by Crippen LogP contribution is -2.10. The van der Waals surface area contributed by atoms with Gasteiger partial charge in [-0.2, -0.15) is 5.26 Å². The van der Waals surface area contributed by atoms with Crippen molar-refractivity contribution in [1.29, 1.82) is 5.26 Å². The molecule has 3 aromatic rings. The zero-order valence-electron chi connectivity index (χ0n) is 13.0. The van der Waals surface area contributed by atoms with Gasteiger partial charge in [-0.1, -0.05) is 11.8 Å². The lowest BCUT2D eigenvalue weighted by Gasteiger charge is -2.01. The highest BCUT2D eigenvalue weighted by Gasteiger charge is 2.18. The van der Waals surface area contributed by atoms with Gasteiger partial charge in [0.2, 0.25) is 0 Å². The molecule has 3 heterocycles. The molecule has 0 aliphatic rings. The number of aromatic amines is 1. The van der Waals surface area contributed by atoms with Crippen molar-refractivity contribution in [2.45, 2.75) is 0 Å². The summed E-state index contributed by atoms with van der Waals surface area (Å²) in [5.41, 5.74) is -0.0343. The molecule has 0 fully saturated rings. The number of pyridine rings is 1. The van der Waals surface area contributed by atoms with Gasteiger partial charge in [-0.25, -0.2) is 0 Å². The Hall–Kier alpha value is -2.58. The summed E-state index contributed by atoms with van der Waals surface area (Å²) in [6, 6.07) is 5.62. The van der Waals surface area contributed by atoms with E-state index in [0.29, 0.717) is 16.8 Å². The molecule has 0 spiro atoms. The third-order valence-corrected chi connectivity index (χ3v) is 5.24. The number of H-pyrrole nitrogens is 1. The molecule has 0 saturated carbocycles. The maximum atomic E-state index is 11.8. The zero-order chi connectivity index (χ0) is 17.3. The van der Waals surface area contributed by atoms with Crippen molar-refractivity contribution in [3.8, 4) is 34.1 Å². The minimum absolute atomic E-state index is 0.260. The van der Waals surface area contributed by atoms with E-state index in [0.717, 1.165) is 15.3 Å². The van der Waals surface area contributed by atoms with Gasteiger partial charge >= 0.3 is 0 Å². The molecule has 3 aromatic heterocycles. The maximum Gasteiger partial charge on any atom is 0.270 e. The molecule has 0 aromatic carbocycles. The van der Waals surface area contributed by atoms with Crippen molar-refractivity contribution < 1.29 is 5.11 Å². The van der Waals surface area contributed by atoms with E-state index in [1.807, 2.05) is 36.5 Å². The largest absolute Gasteiger partial charge is 0.506 e. The molecule has 0 amide bonds. The van der Waals surface area contributed by atoms with Crippen LogP contribution in [0, 0.1) is 23.2 Å². The number of fused-ring (bicyclic) bond motifs is 1. The smallest absolute Gasteiger partial charge is 0.270 e. The molecule has 3 rings (SSSR count). The molecule has 5 nitrogen and oxygen atoms in total. The van der Waals surface area contributed by atoms with Crippen LogP contribution >= 0.6 is 22.7 Å². The topological polar surface area (TPSA) is 80.1 Å². The third-order valence-electron chi connectivity index (χ3n) is 3.31. The fourth-order valence-electron chi connectivity index (χ4n) is 2.20. The second-order valence-corrected chi connectivity index (χ2v) is 7.31. The second-order valence-electron chi connectivity index (χ2n) is 5.35. The molecule has 0 radical (unpaired) electrons. The maximum absolute atomic E-state index is 11.8. The fraction of sp³-hybridized carbons (Fsp3) is 0.176. The lowest BCUT2D eigenvalue weighted by atomic mass is 10.1. The molecule has 0 bridgehead atoms. The number of aromatic nitrogens is 1. The average Bonchev–Trinajstić information content (AvgIpc) is 3.13. The Bertz CT molecular complexity index is 1070. The van der Waals surface area contributed by atoms with Crippen LogP contribution in [0.3, 0.4) is 0 Å². The van der Waals surface area contributed by atoms with Gasteiger partial charge in [0.25, 0.3) is 5.56 Å². The summed E-state index contributed by atoms with van der Waals surface area (Å²) < 4.78 is 0. The van der Waals surface area contributed by atoms with Crippen LogP contribution in [-0.2, 0) is 0 Å². The monoisotopic (exact) mass is 355 g/mol. The fourth-order valence-corrected chi connectivity index (χ4v) is 4.14. The van der Waals surface area contributed by atoms with Crippen molar-refractivity contribution in [3.05, 3.63) is 38.3 Å². The molecule has 0 saturated heterocycles. The molecule has 0 unspecified atom stereocenters. The van der Waals surface area contributed by atoms with Crippen LogP contribution in [0.2, 0.25) is 0 Å². The van der Waals surface area contributed by atoms with Gasteiger partial charge in [-0.3, -0.25) is 9.69 Å². The number of thiophene rings is 2. The summed E-state index contributed by atoms with van der Waals surface area (Å²) in [7, 11) is 3.92. The Morgan fingerprint density at radius 1 is 1.38 bits per heavy atom. The van der Waals surface area contributed by atoms with Gasteiger partial charge in [0.1, 0.15) is 16.6 Å². The Balaban J connectivity index is 2.08. The first-order chi connectivity index (χ1) is 11.5. The van der Waals surface area contributed by atoms with Crippen LogP contribution in [0.1, 0.15) is 10.4 Å². The van der Waals surface area contributed by atoms with E-state index in [1.54, 1.807) is 6.07 Å². The first kappa shape index (κ1) is 16.3. The number of nitriles is 1. The van der Waals surface area contributed by atoms with Gasteiger partial charge in [0, 0.05) is 15.8 Å².